The smallest absolute Gasteiger partial charge is 0.229 e. The maximum atomic E-state index is 14.1. The molecular formula is C24H20FN3O. The number of imidazole rings is 1. The van der Waals surface area contributed by atoms with Gasteiger partial charge >= 0.3 is 0 Å². The molecule has 1 amide bonds. The highest BCUT2D eigenvalue weighted by Gasteiger charge is 2.45. The van der Waals surface area contributed by atoms with Crippen molar-refractivity contribution in [3.63, 3.8) is 0 Å². The monoisotopic (exact) mass is 385 g/mol. The van der Waals surface area contributed by atoms with Gasteiger partial charge in [0.25, 0.3) is 0 Å². The van der Waals surface area contributed by atoms with Crippen molar-refractivity contribution in [3.05, 3.63) is 89.9 Å². The van der Waals surface area contributed by atoms with E-state index in [0.717, 1.165) is 22.5 Å². The highest BCUT2D eigenvalue weighted by atomic mass is 19.1. The molecule has 0 bridgehead atoms. The molecular weight excluding hydrogens is 365 g/mol. The summed E-state index contributed by atoms with van der Waals surface area (Å²) < 4.78 is 16.0. The number of nitrogens with one attached hydrogen (secondary N) is 1. The van der Waals surface area contributed by atoms with Crippen LogP contribution in [0.15, 0.2) is 72.9 Å². The summed E-state index contributed by atoms with van der Waals surface area (Å²) in [6.45, 7) is 2.00. The van der Waals surface area contributed by atoms with Gasteiger partial charge in [-0.15, -0.1) is 0 Å². The number of anilines is 1. The Bertz CT molecular complexity index is 1220. The number of nitrogens with zero attached hydrogens (tertiary/aromatic N) is 2. The highest BCUT2D eigenvalue weighted by molar-refractivity contribution is 5.98. The van der Waals surface area contributed by atoms with Gasteiger partial charge in [-0.2, -0.15) is 0 Å². The lowest BCUT2D eigenvalue weighted by atomic mass is 10.1. The number of fused-ring (bicyclic) bond motifs is 1. The van der Waals surface area contributed by atoms with Crippen LogP contribution in [0.4, 0.5) is 10.2 Å². The molecule has 5 rings (SSSR count). The standard InChI is InChI=1S/C24H20FN3O/c1-15-8-7-13-28-22(15)26-21(16-9-3-2-4-10-16)23(28)27-24(29)19-14-18(19)17-11-5-6-12-20(17)25/h2-13,18-19H,14H2,1H3,(H,27,29). The minimum atomic E-state index is -0.247. The molecule has 2 aromatic heterocycles. The van der Waals surface area contributed by atoms with Gasteiger partial charge in [-0.1, -0.05) is 54.6 Å². The van der Waals surface area contributed by atoms with Crippen LogP contribution in [-0.2, 0) is 4.79 Å². The van der Waals surface area contributed by atoms with E-state index >= 15 is 0 Å². The minimum Gasteiger partial charge on any atom is -0.310 e. The Morgan fingerprint density at radius 2 is 1.83 bits per heavy atom. The highest BCUT2D eigenvalue weighted by Crippen LogP contribution is 2.49. The van der Waals surface area contributed by atoms with E-state index in [1.54, 1.807) is 12.1 Å². The zero-order valence-electron chi connectivity index (χ0n) is 16.0. The number of hydrogen-bond donors (Lipinski definition) is 1. The number of benzene rings is 2. The van der Waals surface area contributed by atoms with E-state index in [1.165, 1.54) is 6.07 Å². The zero-order chi connectivity index (χ0) is 20.0. The molecule has 1 N–H and O–H groups in total. The van der Waals surface area contributed by atoms with Crippen molar-refractivity contribution in [1.29, 1.82) is 0 Å². The molecule has 1 fully saturated rings. The molecule has 0 aliphatic heterocycles. The summed E-state index contributed by atoms with van der Waals surface area (Å²) in [6, 6.07) is 20.4. The molecule has 2 heterocycles. The van der Waals surface area contributed by atoms with E-state index in [4.69, 9.17) is 4.98 Å². The Hall–Kier alpha value is -3.47. The van der Waals surface area contributed by atoms with Gasteiger partial charge in [0.15, 0.2) is 0 Å². The van der Waals surface area contributed by atoms with E-state index in [-0.39, 0.29) is 23.6 Å². The molecule has 2 atom stereocenters. The van der Waals surface area contributed by atoms with Crippen LogP contribution < -0.4 is 5.32 Å². The van der Waals surface area contributed by atoms with Crippen LogP contribution in [-0.4, -0.2) is 15.3 Å². The van der Waals surface area contributed by atoms with E-state index in [1.807, 2.05) is 66.1 Å². The van der Waals surface area contributed by atoms with Crippen LogP contribution >= 0.6 is 0 Å². The number of amides is 1. The second kappa shape index (κ2) is 6.85. The summed E-state index contributed by atoms with van der Waals surface area (Å²) in [4.78, 5) is 17.8. The number of rotatable bonds is 4. The molecule has 2 unspecified atom stereocenters. The first kappa shape index (κ1) is 17.6. The Morgan fingerprint density at radius 1 is 1.07 bits per heavy atom. The lowest BCUT2D eigenvalue weighted by molar-refractivity contribution is -0.117. The van der Waals surface area contributed by atoms with Gasteiger partial charge in [0.05, 0.1) is 0 Å². The number of pyridine rings is 1. The topological polar surface area (TPSA) is 46.4 Å². The molecule has 1 aliphatic rings. The number of hydrogen-bond acceptors (Lipinski definition) is 2. The molecule has 29 heavy (non-hydrogen) atoms. The quantitative estimate of drug-likeness (QED) is 0.525. The van der Waals surface area contributed by atoms with Crippen LogP contribution in [0.5, 0.6) is 0 Å². The second-order valence-corrected chi connectivity index (χ2v) is 7.52. The number of carbonyl (C=O) groups is 1. The largest absolute Gasteiger partial charge is 0.310 e. The van der Waals surface area contributed by atoms with Gasteiger partial charge in [-0.3, -0.25) is 9.20 Å². The average Bonchev–Trinajstić information content (AvgIpc) is 3.45. The number of carbonyl (C=O) groups excluding carboxylic acids is 1. The van der Waals surface area contributed by atoms with Crippen molar-refractivity contribution in [2.75, 3.05) is 5.32 Å². The van der Waals surface area contributed by atoms with E-state index in [0.29, 0.717) is 17.8 Å². The number of halogens is 1. The van der Waals surface area contributed by atoms with Gasteiger partial charge in [0, 0.05) is 17.7 Å². The lowest BCUT2D eigenvalue weighted by Crippen LogP contribution is -2.16. The van der Waals surface area contributed by atoms with Crippen LogP contribution in [0, 0.1) is 18.7 Å². The summed E-state index contributed by atoms with van der Waals surface area (Å²) >= 11 is 0. The maximum absolute atomic E-state index is 14.1. The van der Waals surface area contributed by atoms with Crippen LogP contribution in [0.25, 0.3) is 16.9 Å². The number of aromatic nitrogens is 2. The Kier molecular flexibility index (Phi) is 4.16. The molecule has 2 aromatic carbocycles. The molecule has 0 spiro atoms. The van der Waals surface area contributed by atoms with Crippen molar-refractivity contribution < 1.29 is 9.18 Å². The molecule has 0 radical (unpaired) electrons. The zero-order valence-corrected chi connectivity index (χ0v) is 16.0. The molecule has 4 aromatic rings. The van der Waals surface area contributed by atoms with Crippen molar-refractivity contribution in [2.45, 2.75) is 19.3 Å². The third-order valence-corrected chi connectivity index (χ3v) is 5.57. The van der Waals surface area contributed by atoms with Gasteiger partial charge in [0.1, 0.15) is 23.0 Å². The van der Waals surface area contributed by atoms with Crippen molar-refractivity contribution >= 4 is 17.4 Å². The Balaban J connectivity index is 1.50. The molecule has 5 heteroatoms. The predicted molar refractivity (Wildman–Crippen MR) is 111 cm³/mol. The van der Waals surface area contributed by atoms with Crippen LogP contribution in [0.3, 0.4) is 0 Å². The first-order valence-corrected chi connectivity index (χ1v) is 9.72. The Morgan fingerprint density at radius 3 is 2.62 bits per heavy atom. The normalized spacial score (nSPS) is 18.0. The summed E-state index contributed by atoms with van der Waals surface area (Å²) in [7, 11) is 0. The van der Waals surface area contributed by atoms with Gasteiger partial charge in [0.2, 0.25) is 5.91 Å². The fourth-order valence-corrected chi connectivity index (χ4v) is 3.93. The summed E-state index contributed by atoms with van der Waals surface area (Å²) in [6.07, 6.45) is 2.56. The molecule has 1 saturated carbocycles. The van der Waals surface area contributed by atoms with E-state index in [9.17, 15) is 9.18 Å². The minimum absolute atomic E-state index is 0.0719. The van der Waals surface area contributed by atoms with E-state index < -0.39 is 0 Å². The maximum Gasteiger partial charge on any atom is 0.229 e. The first-order chi connectivity index (χ1) is 14.1. The van der Waals surface area contributed by atoms with Crippen molar-refractivity contribution in [1.82, 2.24) is 9.38 Å². The fourth-order valence-electron chi connectivity index (χ4n) is 3.93. The SMILES string of the molecule is Cc1cccn2c(NC(=O)C3CC3c3ccccc3F)c(-c3ccccc3)nc12. The fraction of sp³-hybridized carbons (Fsp3) is 0.167. The third kappa shape index (κ3) is 3.09. The third-order valence-electron chi connectivity index (χ3n) is 5.57. The molecule has 4 nitrogen and oxygen atoms in total. The average molecular weight is 385 g/mol. The predicted octanol–water partition coefficient (Wildman–Crippen LogP) is 5.19. The Labute approximate surface area is 168 Å². The van der Waals surface area contributed by atoms with E-state index in [2.05, 4.69) is 5.32 Å². The molecule has 0 saturated heterocycles. The summed E-state index contributed by atoms with van der Waals surface area (Å²) in [5.41, 5.74) is 4.12. The first-order valence-electron chi connectivity index (χ1n) is 9.72. The molecule has 144 valence electrons. The number of aryl methyl sites for hydroxylation is 1. The summed E-state index contributed by atoms with van der Waals surface area (Å²) in [5, 5.41) is 3.08. The second-order valence-electron chi connectivity index (χ2n) is 7.52. The summed E-state index contributed by atoms with van der Waals surface area (Å²) in [5.74, 6) is 0.00389. The van der Waals surface area contributed by atoms with Gasteiger partial charge in [-0.25, -0.2) is 9.37 Å². The van der Waals surface area contributed by atoms with Gasteiger partial charge in [-0.05, 0) is 42.5 Å². The van der Waals surface area contributed by atoms with Gasteiger partial charge < -0.3 is 5.32 Å². The van der Waals surface area contributed by atoms with Crippen LogP contribution in [0.2, 0.25) is 0 Å². The molecule has 1 aliphatic carbocycles. The van der Waals surface area contributed by atoms with Crippen molar-refractivity contribution in [3.8, 4) is 11.3 Å². The van der Waals surface area contributed by atoms with Crippen molar-refractivity contribution in [2.24, 2.45) is 5.92 Å². The van der Waals surface area contributed by atoms with Crippen LogP contribution in [0.1, 0.15) is 23.5 Å². The lowest BCUT2D eigenvalue weighted by Gasteiger charge is -2.08.